The molecule has 2 aromatic carbocycles. The molecular weight excluding hydrogens is 280 g/mol. The van der Waals surface area contributed by atoms with Gasteiger partial charge < -0.3 is 15.2 Å². The second-order valence-corrected chi connectivity index (χ2v) is 4.31. The molecule has 0 amide bonds. The molecule has 0 radical (unpaired) electrons. The van der Waals surface area contributed by atoms with Crippen molar-refractivity contribution in [1.82, 2.24) is 0 Å². The zero-order valence-corrected chi connectivity index (χ0v) is 11.2. The van der Waals surface area contributed by atoms with Gasteiger partial charge >= 0.3 is 5.97 Å². The highest BCUT2D eigenvalue weighted by Crippen LogP contribution is 2.22. The number of benzene rings is 2. The maximum atomic E-state index is 13.7. The molecule has 0 aliphatic rings. The molecule has 21 heavy (non-hydrogen) atoms. The van der Waals surface area contributed by atoms with Crippen molar-refractivity contribution in [3.05, 3.63) is 59.2 Å². The van der Waals surface area contributed by atoms with Gasteiger partial charge in [-0.25, -0.2) is 13.6 Å². The van der Waals surface area contributed by atoms with Crippen molar-refractivity contribution in [1.29, 1.82) is 0 Å². The molecule has 4 nitrogen and oxygen atoms in total. The highest BCUT2D eigenvalue weighted by atomic mass is 19.1. The number of phenolic OH excluding ortho intramolecular Hbond substituents is 1. The van der Waals surface area contributed by atoms with Crippen LogP contribution in [0.1, 0.15) is 15.9 Å². The first-order valence-electron chi connectivity index (χ1n) is 6.10. The quantitative estimate of drug-likeness (QED) is 0.851. The maximum absolute atomic E-state index is 13.7. The predicted octanol–water partition coefficient (Wildman–Crippen LogP) is 3.07. The summed E-state index contributed by atoms with van der Waals surface area (Å²) in [6.07, 6.45) is 0. The van der Waals surface area contributed by atoms with Gasteiger partial charge in [0, 0.05) is 12.1 Å². The second kappa shape index (κ2) is 6.21. The number of nitrogens with one attached hydrogen (secondary N) is 1. The first-order valence-corrected chi connectivity index (χ1v) is 6.10. The molecule has 0 saturated heterocycles. The average molecular weight is 293 g/mol. The number of halogens is 2. The van der Waals surface area contributed by atoms with Crippen LogP contribution in [0.15, 0.2) is 36.4 Å². The molecule has 0 aliphatic carbocycles. The summed E-state index contributed by atoms with van der Waals surface area (Å²) in [4.78, 5) is 11.4. The number of rotatable bonds is 4. The van der Waals surface area contributed by atoms with Gasteiger partial charge in [0.2, 0.25) is 0 Å². The van der Waals surface area contributed by atoms with Crippen molar-refractivity contribution in [2.24, 2.45) is 0 Å². The molecule has 0 spiro atoms. The molecule has 110 valence electrons. The normalized spacial score (nSPS) is 10.2. The zero-order valence-electron chi connectivity index (χ0n) is 11.2. The molecule has 0 atom stereocenters. The van der Waals surface area contributed by atoms with E-state index in [9.17, 15) is 18.7 Å². The van der Waals surface area contributed by atoms with Crippen molar-refractivity contribution in [2.45, 2.75) is 6.54 Å². The molecule has 2 aromatic rings. The predicted molar refractivity (Wildman–Crippen MR) is 73.1 cm³/mol. The van der Waals surface area contributed by atoms with Crippen LogP contribution in [0.25, 0.3) is 0 Å². The summed E-state index contributed by atoms with van der Waals surface area (Å²) in [6, 6.07) is 7.19. The van der Waals surface area contributed by atoms with E-state index < -0.39 is 17.6 Å². The Hall–Kier alpha value is -2.63. The fourth-order valence-corrected chi connectivity index (χ4v) is 1.79. The van der Waals surface area contributed by atoms with E-state index in [0.717, 1.165) is 18.2 Å². The molecule has 2 N–H and O–H groups in total. The number of phenols is 1. The Labute approximate surface area is 120 Å². The van der Waals surface area contributed by atoms with Gasteiger partial charge in [0.05, 0.1) is 18.4 Å². The minimum absolute atomic E-state index is 0.00510. The van der Waals surface area contributed by atoms with E-state index >= 15 is 0 Å². The third kappa shape index (κ3) is 3.47. The lowest BCUT2D eigenvalue weighted by Crippen LogP contribution is -2.06. The topological polar surface area (TPSA) is 58.6 Å². The third-order valence-electron chi connectivity index (χ3n) is 2.90. The summed E-state index contributed by atoms with van der Waals surface area (Å²) in [5.41, 5.74) is 0.518. The van der Waals surface area contributed by atoms with Gasteiger partial charge in [-0.3, -0.25) is 0 Å². The zero-order chi connectivity index (χ0) is 15.4. The van der Waals surface area contributed by atoms with Gasteiger partial charge in [-0.1, -0.05) is 0 Å². The van der Waals surface area contributed by atoms with E-state index in [1.165, 1.54) is 25.3 Å². The smallest absolute Gasteiger partial charge is 0.337 e. The molecule has 0 fully saturated rings. The monoisotopic (exact) mass is 293 g/mol. The number of hydrogen-bond donors (Lipinski definition) is 2. The SMILES string of the molecule is COC(=O)c1ccc(F)c(NCc2cc(F)ccc2O)c1. The second-order valence-electron chi connectivity index (χ2n) is 4.31. The van der Waals surface area contributed by atoms with E-state index in [4.69, 9.17) is 0 Å². The van der Waals surface area contributed by atoms with Crippen LogP contribution in [0, 0.1) is 11.6 Å². The third-order valence-corrected chi connectivity index (χ3v) is 2.90. The van der Waals surface area contributed by atoms with E-state index in [0.29, 0.717) is 0 Å². The Morgan fingerprint density at radius 3 is 2.71 bits per heavy atom. The first kappa shape index (κ1) is 14.8. The van der Waals surface area contributed by atoms with Crippen LogP contribution in [0.4, 0.5) is 14.5 Å². The summed E-state index contributed by atoms with van der Waals surface area (Å²) in [7, 11) is 1.23. The van der Waals surface area contributed by atoms with Crippen LogP contribution in [0.2, 0.25) is 0 Å². The first-order chi connectivity index (χ1) is 10.0. The van der Waals surface area contributed by atoms with Gasteiger partial charge in [-0.2, -0.15) is 0 Å². The number of methoxy groups -OCH3 is 1. The van der Waals surface area contributed by atoms with Gasteiger partial charge in [0.15, 0.2) is 0 Å². The lowest BCUT2D eigenvalue weighted by Gasteiger charge is -2.10. The molecule has 0 unspecified atom stereocenters. The summed E-state index contributed by atoms with van der Waals surface area (Å²) in [6.45, 7) is 0.00510. The van der Waals surface area contributed by atoms with E-state index in [1.807, 2.05) is 0 Å². The molecule has 0 aliphatic heterocycles. The van der Waals surface area contributed by atoms with Crippen LogP contribution in [0.3, 0.4) is 0 Å². The Bertz CT molecular complexity index is 674. The highest BCUT2D eigenvalue weighted by molar-refractivity contribution is 5.90. The van der Waals surface area contributed by atoms with Gasteiger partial charge in [-0.05, 0) is 36.4 Å². The van der Waals surface area contributed by atoms with Gasteiger partial charge in [0.25, 0.3) is 0 Å². The minimum atomic E-state index is -0.591. The van der Waals surface area contributed by atoms with Crippen molar-refractivity contribution in [2.75, 3.05) is 12.4 Å². The van der Waals surface area contributed by atoms with Crippen molar-refractivity contribution < 1.29 is 23.4 Å². The fourth-order valence-electron chi connectivity index (χ4n) is 1.79. The largest absolute Gasteiger partial charge is 0.508 e. The van der Waals surface area contributed by atoms with E-state index in [2.05, 4.69) is 10.1 Å². The highest BCUT2D eigenvalue weighted by Gasteiger charge is 2.10. The molecular formula is C15H13F2NO3. The van der Waals surface area contributed by atoms with Crippen molar-refractivity contribution in [3.8, 4) is 5.75 Å². The molecule has 0 saturated carbocycles. The molecule has 0 aromatic heterocycles. The summed E-state index contributed by atoms with van der Waals surface area (Å²) in [5, 5.41) is 12.3. The lowest BCUT2D eigenvalue weighted by atomic mass is 10.1. The van der Waals surface area contributed by atoms with Gasteiger partial charge in [0.1, 0.15) is 17.4 Å². The maximum Gasteiger partial charge on any atom is 0.337 e. The Morgan fingerprint density at radius 1 is 1.24 bits per heavy atom. The number of anilines is 1. The number of aromatic hydroxyl groups is 1. The summed E-state index contributed by atoms with van der Waals surface area (Å²) < 4.78 is 31.3. The average Bonchev–Trinajstić information content (AvgIpc) is 2.48. The van der Waals surface area contributed by atoms with Crippen LogP contribution in [0.5, 0.6) is 5.75 Å². The lowest BCUT2D eigenvalue weighted by molar-refractivity contribution is 0.0600. The van der Waals surface area contributed by atoms with Crippen LogP contribution < -0.4 is 5.32 Å². The van der Waals surface area contributed by atoms with Gasteiger partial charge in [-0.15, -0.1) is 0 Å². The van der Waals surface area contributed by atoms with Crippen LogP contribution >= 0.6 is 0 Å². The Balaban J connectivity index is 2.19. The standard InChI is InChI=1S/C15H13F2NO3/c1-21-15(20)9-2-4-12(17)13(7-9)18-8-10-6-11(16)3-5-14(10)19/h2-7,18-19H,8H2,1H3. The molecule has 2 rings (SSSR count). The molecule has 0 bridgehead atoms. The van der Waals surface area contributed by atoms with E-state index in [-0.39, 0.29) is 29.1 Å². The number of hydrogen-bond acceptors (Lipinski definition) is 4. The van der Waals surface area contributed by atoms with Crippen molar-refractivity contribution >= 4 is 11.7 Å². The molecule has 6 heteroatoms. The van der Waals surface area contributed by atoms with Crippen LogP contribution in [-0.4, -0.2) is 18.2 Å². The van der Waals surface area contributed by atoms with Crippen molar-refractivity contribution in [3.63, 3.8) is 0 Å². The van der Waals surface area contributed by atoms with Crippen LogP contribution in [-0.2, 0) is 11.3 Å². The number of esters is 1. The fraction of sp³-hybridized carbons (Fsp3) is 0.133. The van der Waals surface area contributed by atoms with E-state index in [1.54, 1.807) is 0 Å². The molecule has 0 heterocycles. The number of carbonyl (C=O) groups is 1. The Morgan fingerprint density at radius 2 is 2.00 bits per heavy atom. The minimum Gasteiger partial charge on any atom is -0.508 e. The Kier molecular flexibility index (Phi) is 4.37. The summed E-state index contributed by atoms with van der Waals surface area (Å²) in [5.74, 6) is -1.77. The number of ether oxygens (including phenoxy) is 1. The number of carbonyl (C=O) groups excluding carboxylic acids is 1. The summed E-state index contributed by atoms with van der Waals surface area (Å²) >= 11 is 0.